The van der Waals surface area contributed by atoms with E-state index < -0.39 is 0 Å². The van der Waals surface area contributed by atoms with Crippen LogP contribution in [-0.2, 0) is 6.54 Å². The lowest BCUT2D eigenvalue weighted by Crippen LogP contribution is -2.22. The fourth-order valence-corrected chi connectivity index (χ4v) is 4.28. The van der Waals surface area contributed by atoms with Gasteiger partial charge in [0.05, 0.1) is 30.4 Å². The third-order valence-electron chi connectivity index (χ3n) is 6.14. The van der Waals surface area contributed by atoms with Gasteiger partial charge in [-0.05, 0) is 62.0 Å². The number of hydrogen-bond acceptors (Lipinski definition) is 6. The van der Waals surface area contributed by atoms with E-state index in [1.54, 1.807) is 7.11 Å². The first-order valence-electron chi connectivity index (χ1n) is 12.2. The topological polar surface area (TPSA) is 59.5 Å². The largest absolute Gasteiger partial charge is 0.496 e. The normalized spacial score (nSPS) is 11.4. The Morgan fingerprint density at radius 3 is 2.51 bits per heavy atom. The van der Waals surface area contributed by atoms with Crippen molar-refractivity contribution in [1.29, 1.82) is 0 Å². The lowest BCUT2D eigenvalue weighted by atomic mass is 10.1. The van der Waals surface area contributed by atoms with Crippen molar-refractivity contribution in [3.8, 4) is 11.6 Å². The van der Waals surface area contributed by atoms with E-state index >= 15 is 0 Å². The van der Waals surface area contributed by atoms with Gasteiger partial charge >= 0.3 is 0 Å². The van der Waals surface area contributed by atoms with E-state index in [1.165, 1.54) is 0 Å². The molecule has 0 saturated heterocycles. The minimum Gasteiger partial charge on any atom is -0.496 e. The van der Waals surface area contributed by atoms with Gasteiger partial charge < -0.3 is 14.8 Å². The first-order valence-corrected chi connectivity index (χ1v) is 12.6. The highest BCUT2D eigenvalue weighted by atomic mass is 35.5. The molecule has 4 rings (SSSR count). The molecule has 184 valence electrons. The molecule has 0 fully saturated rings. The number of aromatic nitrogens is 2. The molecule has 0 spiro atoms. The van der Waals surface area contributed by atoms with Gasteiger partial charge in [-0.2, -0.15) is 0 Å². The van der Waals surface area contributed by atoms with Gasteiger partial charge in [0.2, 0.25) is 5.88 Å². The van der Waals surface area contributed by atoms with Gasteiger partial charge in [-0.25, -0.2) is 9.97 Å². The first kappa shape index (κ1) is 25.0. The average Bonchev–Trinajstić information content (AvgIpc) is 2.87. The molecule has 0 aliphatic carbocycles. The van der Waals surface area contributed by atoms with Gasteiger partial charge in [-0.1, -0.05) is 38.8 Å². The van der Waals surface area contributed by atoms with E-state index in [2.05, 4.69) is 37.1 Å². The van der Waals surface area contributed by atoms with E-state index in [0.717, 1.165) is 77.1 Å². The van der Waals surface area contributed by atoms with Crippen LogP contribution in [0.1, 0.15) is 39.2 Å². The number of nitrogens with one attached hydrogen (secondary N) is 1. The first-order chi connectivity index (χ1) is 17.1. The highest BCUT2D eigenvalue weighted by molar-refractivity contribution is 6.31. The lowest BCUT2D eigenvalue weighted by Gasteiger charge is -2.21. The SMILES string of the molecule is CCCCOc1ccc2nc3cc(Cl)ccc3c(Nc3ccc(OC)c(CN(CC)CC)c3)c2n1. The van der Waals surface area contributed by atoms with Crippen LogP contribution in [0.15, 0.2) is 48.5 Å². The number of unbranched alkanes of at least 4 members (excludes halogenated alkanes) is 1. The van der Waals surface area contributed by atoms with Gasteiger partial charge in [-0.15, -0.1) is 0 Å². The molecule has 0 bridgehead atoms. The van der Waals surface area contributed by atoms with Crippen molar-refractivity contribution in [2.24, 2.45) is 0 Å². The Kier molecular flexibility index (Phi) is 8.26. The van der Waals surface area contributed by atoms with Crippen LogP contribution < -0.4 is 14.8 Å². The Hall–Kier alpha value is -3.09. The van der Waals surface area contributed by atoms with Crippen LogP contribution in [0, 0.1) is 0 Å². The van der Waals surface area contributed by atoms with Crippen LogP contribution in [-0.4, -0.2) is 41.7 Å². The molecule has 6 nitrogen and oxygen atoms in total. The summed E-state index contributed by atoms with van der Waals surface area (Å²) in [5, 5.41) is 5.22. The zero-order chi connectivity index (χ0) is 24.8. The number of rotatable bonds is 11. The fraction of sp³-hybridized carbons (Fsp3) is 0.357. The molecule has 0 radical (unpaired) electrons. The molecular weight excluding hydrogens is 460 g/mol. The highest BCUT2D eigenvalue weighted by Crippen LogP contribution is 2.35. The van der Waals surface area contributed by atoms with Crippen LogP contribution in [0.25, 0.3) is 21.9 Å². The number of fused-ring (bicyclic) bond motifs is 2. The maximum atomic E-state index is 6.29. The van der Waals surface area contributed by atoms with Crippen LogP contribution in [0.4, 0.5) is 11.4 Å². The van der Waals surface area contributed by atoms with Crippen molar-refractivity contribution in [1.82, 2.24) is 14.9 Å². The van der Waals surface area contributed by atoms with Gasteiger partial charge in [0, 0.05) is 34.3 Å². The zero-order valence-electron chi connectivity index (χ0n) is 20.9. The van der Waals surface area contributed by atoms with Gasteiger partial charge in [-0.3, -0.25) is 4.90 Å². The van der Waals surface area contributed by atoms with Gasteiger partial charge in [0.15, 0.2) is 0 Å². The Labute approximate surface area is 212 Å². The number of pyridine rings is 2. The number of ether oxygens (including phenoxy) is 2. The number of anilines is 2. The molecule has 7 heteroatoms. The van der Waals surface area contributed by atoms with E-state index in [4.69, 9.17) is 31.0 Å². The maximum absolute atomic E-state index is 6.29. The number of benzene rings is 2. The predicted octanol–water partition coefficient (Wildman–Crippen LogP) is 7.21. The maximum Gasteiger partial charge on any atom is 0.213 e. The molecule has 35 heavy (non-hydrogen) atoms. The Balaban J connectivity index is 1.80. The molecular formula is C28H33ClN4O2. The summed E-state index contributed by atoms with van der Waals surface area (Å²) in [6.07, 6.45) is 2.06. The molecule has 0 aliphatic rings. The van der Waals surface area contributed by atoms with Crippen LogP contribution in [0.5, 0.6) is 11.6 Å². The molecule has 0 amide bonds. The van der Waals surface area contributed by atoms with Gasteiger partial charge in [0.1, 0.15) is 11.3 Å². The summed E-state index contributed by atoms with van der Waals surface area (Å²) in [6, 6.07) is 15.8. The summed E-state index contributed by atoms with van der Waals surface area (Å²) >= 11 is 6.29. The molecule has 4 aromatic rings. The third kappa shape index (κ3) is 5.77. The number of nitrogens with zero attached hydrogens (tertiary/aromatic N) is 3. The second-order valence-corrected chi connectivity index (χ2v) is 8.92. The zero-order valence-corrected chi connectivity index (χ0v) is 21.7. The summed E-state index contributed by atoms with van der Waals surface area (Å²) in [5.74, 6) is 1.48. The summed E-state index contributed by atoms with van der Waals surface area (Å²) in [7, 11) is 1.71. The van der Waals surface area contributed by atoms with Crippen molar-refractivity contribution < 1.29 is 9.47 Å². The van der Waals surface area contributed by atoms with Crippen molar-refractivity contribution in [2.75, 3.05) is 32.1 Å². The van der Waals surface area contributed by atoms with Crippen molar-refractivity contribution in [3.05, 3.63) is 59.1 Å². The molecule has 2 aromatic heterocycles. The average molecular weight is 493 g/mol. The van der Waals surface area contributed by atoms with Crippen molar-refractivity contribution in [2.45, 2.75) is 40.2 Å². The molecule has 0 unspecified atom stereocenters. The number of halogens is 1. The second kappa shape index (κ2) is 11.6. The number of methoxy groups -OCH3 is 1. The Morgan fingerprint density at radius 1 is 0.943 bits per heavy atom. The minimum atomic E-state index is 0.598. The monoisotopic (exact) mass is 492 g/mol. The highest BCUT2D eigenvalue weighted by Gasteiger charge is 2.15. The van der Waals surface area contributed by atoms with E-state index in [9.17, 15) is 0 Å². The predicted molar refractivity (Wildman–Crippen MR) is 145 cm³/mol. The van der Waals surface area contributed by atoms with Gasteiger partial charge in [0.25, 0.3) is 0 Å². The van der Waals surface area contributed by atoms with Crippen LogP contribution in [0.3, 0.4) is 0 Å². The molecule has 2 aromatic carbocycles. The Morgan fingerprint density at radius 2 is 1.77 bits per heavy atom. The quantitative estimate of drug-likeness (QED) is 0.176. The van der Waals surface area contributed by atoms with E-state index in [-0.39, 0.29) is 0 Å². The fourth-order valence-electron chi connectivity index (χ4n) is 4.11. The summed E-state index contributed by atoms with van der Waals surface area (Å²) < 4.78 is 11.5. The minimum absolute atomic E-state index is 0.598. The summed E-state index contributed by atoms with van der Waals surface area (Å²) in [6.45, 7) is 9.89. The molecule has 0 saturated carbocycles. The second-order valence-electron chi connectivity index (χ2n) is 8.48. The molecule has 0 aliphatic heterocycles. The van der Waals surface area contributed by atoms with Crippen molar-refractivity contribution in [3.63, 3.8) is 0 Å². The molecule has 0 atom stereocenters. The lowest BCUT2D eigenvalue weighted by molar-refractivity contribution is 0.289. The van der Waals surface area contributed by atoms with Crippen molar-refractivity contribution >= 4 is 44.9 Å². The third-order valence-corrected chi connectivity index (χ3v) is 6.38. The van der Waals surface area contributed by atoms with E-state index in [1.807, 2.05) is 42.5 Å². The summed E-state index contributed by atoms with van der Waals surface area (Å²) in [4.78, 5) is 12.0. The summed E-state index contributed by atoms with van der Waals surface area (Å²) in [5.41, 5.74) is 5.31. The molecule has 2 heterocycles. The smallest absolute Gasteiger partial charge is 0.213 e. The van der Waals surface area contributed by atoms with E-state index in [0.29, 0.717) is 17.5 Å². The number of hydrogen-bond donors (Lipinski definition) is 1. The standard InChI is InChI=1S/C28H33ClN4O2/c1-5-8-15-35-26-14-12-23-28(32-26)27(22-11-9-20(29)17-24(22)31-23)30-21-10-13-25(34-4)19(16-21)18-33(6-2)7-3/h9-14,16-17H,5-8,15,18H2,1-4H3,(H,30,31). The molecule has 1 N–H and O–H groups in total. The van der Waals surface area contributed by atoms with Crippen LogP contribution >= 0.6 is 11.6 Å². The van der Waals surface area contributed by atoms with Crippen LogP contribution in [0.2, 0.25) is 5.02 Å². The Bertz CT molecular complexity index is 1310.